The largest absolute Gasteiger partial charge is 0.352 e. The molecule has 0 aromatic carbocycles. The smallest absolute Gasteiger partial charge is 0.250 e. The van der Waals surface area contributed by atoms with Crippen molar-refractivity contribution in [1.82, 2.24) is 29.3 Å². The third-order valence-electron chi connectivity index (χ3n) is 4.66. The van der Waals surface area contributed by atoms with Crippen LogP contribution >= 0.6 is 0 Å². The minimum absolute atomic E-state index is 0.0302. The molecule has 24 heavy (non-hydrogen) atoms. The zero-order chi connectivity index (χ0) is 16.7. The second kappa shape index (κ2) is 5.72. The maximum Gasteiger partial charge on any atom is 0.250 e. The number of hydrogen-bond donors (Lipinski definition) is 0. The number of pyridine rings is 1. The Morgan fingerprint density at radius 1 is 1.25 bits per heavy atom. The van der Waals surface area contributed by atoms with Crippen LogP contribution in [0.1, 0.15) is 5.69 Å². The Kier molecular flexibility index (Phi) is 3.53. The summed E-state index contributed by atoms with van der Waals surface area (Å²) in [6.45, 7) is 2.58. The number of hydrogen-bond acceptors (Lipinski definition) is 6. The van der Waals surface area contributed by atoms with Crippen LogP contribution in [-0.2, 0) is 13.6 Å². The molecule has 4 heterocycles. The van der Waals surface area contributed by atoms with Crippen molar-refractivity contribution in [3.63, 3.8) is 0 Å². The van der Waals surface area contributed by atoms with Crippen molar-refractivity contribution >= 4 is 11.5 Å². The summed E-state index contributed by atoms with van der Waals surface area (Å²) >= 11 is 0. The van der Waals surface area contributed by atoms with Gasteiger partial charge in [-0.3, -0.25) is 9.69 Å². The van der Waals surface area contributed by atoms with Crippen LogP contribution in [0.2, 0.25) is 0 Å². The van der Waals surface area contributed by atoms with Gasteiger partial charge in [0.1, 0.15) is 12.1 Å². The normalized spacial score (nSPS) is 15.2. The van der Waals surface area contributed by atoms with Gasteiger partial charge < -0.3 is 9.47 Å². The highest BCUT2D eigenvalue weighted by Gasteiger charge is 2.31. The van der Waals surface area contributed by atoms with Crippen LogP contribution in [0.15, 0.2) is 41.5 Å². The van der Waals surface area contributed by atoms with Crippen LogP contribution in [0.3, 0.4) is 0 Å². The molecule has 3 aromatic heterocycles. The Balaban J connectivity index is 1.41. The van der Waals surface area contributed by atoms with Crippen molar-refractivity contribution < 1.29 is 0 Å². The molecule has 3 aromatic rings. The van der Waals surface area contributed by atoms with E-state index in [9.17, 15) is 4.79 Å². The van der Waals surface area contributed by atoms with Gasteiger partial charge in [0.2, 0.25) is 5.56 Å². The summed E-state index contributed by atoms with van der Waals surface area (Å²) in [5, 5.41) is 12.3. The van der Waals surface area contributed by atoms with E-state index in [0.717, 1.165) is 36.8 Å². The Morgan fingerprint density at radius 2 is 2.08 bits per heavy atom. The fraction of sp³-hybridized carbons (Fsp3) is 0.375. The minimum atomic E-state index is 0.0302. The summed E-state index contributed by atoms with van der Waals surface area (Å²) in [4.78, 5) is 16.2. The highest BCUT2D eigenvalue weighted by molar-refractivity contribution is 5.47. The molecule has 8 heteroatoms. The molecule has 1 aliphatic rings. The molecule has 1 saturated heterocycles. The van der Waals surface area contributed by atoms with E-state index in [1.807, 2.05) is 31.3 Å². The van der Waals surface area contributed by atoms with E-state index in [0.29, 0.717) is 6.04 Å². The molecule has 0 radical (unpaired) electrons. The van der Waals surface area contributed by atoms with Gasteiger partial charge in [-0.2, -0.15) is 4.52 Å². The summed E-state index contributed by atoms with van der Waals surface area (Å²) in [6, 6.07) is 9.74. The first kappa shape index (κ1) is 14.8. The molecule has 0 atom stereocenters. The highest BCUT2D eigenvalue weighted by Crippen LogP contribution is 2.22. The Hall–Kier alpha value is -2.74. The lowest BCUT2D eigenvalue weighted by atomic mass is 10.1. The molecule has 0 spiro atoms. The Labute approximate surface area is 138 Å². The number of anilines is 1. The van der Waals surface area contributed by atoms with Crippen molar-refractivity contribution in [3.8, 4) is 0 Å². The maximum atomic E-state index is 11.7. The second-order valence-electron chi connectivity index (χ2n) is 6.21. The summed E-state index contributed by atoms with van der Waals surface area (Å²) < 4.78 is 3.39. The van der Waals surface area contributed by atoms with Crippen LogP contribution in [0.4, 0.5) is 5.82 Å². The molecule has 1 fully saturated rings. The molecule has 0 unspecified atom stereocenters. The molecule has 0 amide bonds. The third kappa shape index (κ3) is 2.54. The molecule has 0 saturated carbocycles. The lowest BCUT2D eigenvalue weighted by molar-refractivity contribution is 0.192. The molecule has 4 rings (SSSR count). The molecule has 8 nitrogen and oxygen atoms in total. The van der Waals surface area contributed by atoms with E-state index < -0.39 is 0 Å². The van der Waals surface area contributed by atoms with Gasteiger partial charge >= 0.3 is 0 Å². The van der Waals surface area contributed by atoms with E-state index in [1.54, 1.807) is 21.5 Å². The topological polar surface area (TPSA) is 71.6 Å². The number of rotatable bonds is 4. The molecular formula is C16H19N7O. The van der Waals surface area contributed by atoms with Gasteiger partial charge in [-0.05, 0) is 25.2 Å². The van der Waals surface area contributed by atoms with E-state index in [1.165, 1.54) is 0 Å². The van der Waals surface area contributed by atoms with Gasteiger partial charge in [0.25, 0.3) is 0 Å². The van der Waals surface area contributed by atoms with Gasteiger partial charge in [0, 0.05) is 44.5 Å². The fourth-order valence-electron chi connectivity index (χ4n) is 2.96. The quantitative estimate of drug-likeness (QED) is 0.680. The van der Waals surface area contributed by atoms with E-state index in [-0.39, 0.29) is 5.56 Å². The van der Waals surface area contributed by atoms with Crippen LogP contribution in [0, 0.1) is 0 Å². The van der Waals surface area contributed by atoms with Gasteiger partial charge in [-0.1, -0.05) is 6.07 Å². The summed E-state index contributed by atoms with van der Waals surface area (Å²) in [5.74, 6) is 0.930. The average molecular weight is 325 g/mol. The number of fused-ring (bicyclic) bond motifs is 1. The first-order valence-electron chi connectivity index (χ1n) is 7.89. The zero-order valence-corrected chi connectivity index (χ0v) is 13.7. The van der Waals surface area contributed by atoms with Crippen molar-refractivity contribution in [2.45, 2.75) is 12.6 Å². The highest BCUT2D eigenvalue weighted by atomic mass is 16.1. The van der Waals surface area contributed by atoms with Crippen LogP contribution in [0.5, 0.6) is 0 Å². The summed E-state index contributed by atoms with van der Waals surface area (Å²) in [5.41, 5.74) is 1.80. The SMILES string of the molecule is CN(Cc1cccc(=O)n1C)C1CN(c2ccc3nncn3n2)C1. The van der Waals surface area contributed by atoms with Crippen LogP contribution in [-0.4, -0.2) is 55.5 Å². The van der Waals surface area contributed by atoms with Gasteiger partial charge in [-0.15, -0.1) is 15.3 Å². The Bertz CT molecular complexity index is 925. The predicted molar refractivity (Wildman–Crippen MR) is 89.9 cm³/mol. The number of likely N-dealkylation sites (N-methyl/N-ethyl adjacent to an activating group) is 1. The zero-order valence-electron chi connectivity index (χ0n) is 13.7. The van der Waals surface area contributed by atoms with E-state index in [4.69, 9.17) is 0 Å². The summed E-state index contributed by atoms with van der Waals surface area (Å²) in [6.07, 6.45) is 1.61. The lowest BCUT2D eigenvalue weighted by Crippen LogP contribution is -2.58. The average Bonchev–Trinajstić information content (AvgIpc) is 2.98. The molecule has 0 bridgehead atoms. The van der Waals surface area contributed by atoms with Crippen molar-refractivity contribution in [1.29, 1.82) is 0 Å². The standard InChI is InChI=1S/C16H19N7O/c1-20(8-12-4-3-5-16(24)21(12)2)13-9-22(10-13)15-7-6-14-18-17-11-23(14)19-15/h3-7,11,13H,8-10H2,1-2H3. The van der Waals surface area contributed by atoms with E-state index in [2.05, 4.69) is 32.1 Å². The predicted octanol–water partition coefficient (Wildman–Crippen LogP) is 0.144. The summed E-state index contributed by atoms with van der Waals surface area (Å²) in [7, 11) is 3.91. The van der Waals surface area contributed by atoms with Gasteiger partial charge in [0.05, 0.1) is 0 Å². The first-order chi connectivity index (χ1) is 11.6. The lowest BCUT2D eigenvalue weighted by Gasteiger charge is -2.44. The van der Waals surface area contributed by atoms with Gasteiger partial charge in [-0.25, -0.2) is 0 Å². The first-order valence-corrected chi connectivity index (χ1v) is 7.89. The fourth-order valence-corrected chi connectivity index (χ4v) is 2.96. The van der Waals surface area contributed by atoms with Crippen LogP contribution < -0.4 is 10.5 Å². The maximum absolute atomic E-state index is 11.7. The van der Waals surface area contributed by atoms with Crippen LogP contribution in [0.25, 0.3) is 5.65 Å². The van der Waals surface area contributed by atoms with Crippen molar-refractivity contribution in [2.75, 3.05) is 25.0 Å². The van der Waals surface area contributed by atoms with Crippen molar-refractivity contribution in [2.24, 2.45) is 7.05 Å². The molecule has 0 N–H and O–H groups in total. The van der Waals surface area contributed by atoms with E-state index >= 15 is 0 Å². The number of nitrogens with zero attached hydrogens (tertiary/aromatic N) is 7. The van der Waals surface area contributed by atoms with Gasteiger partial charge in [0.15, 0.2) is 5.65 Å². The van der Waals surface area contributed by atoms with Crippen molar-refractivity contribution in [3.05, 3.63) is 52.7 Å². The second-order valence-corrected chi connectivity index (χ2v) is 6.21. The minimum Gasteiger partial charge on any atom is -0.352 e. The molecule has 124 valence electrons. The molecule has 0 aliphatic carbocycles. The molecular weight excluding hydrogens is 306 g/mol. The third-order valence-corrected chi connectivity index (χ3v) is 4.66. The Morgan fingerprint density at radius 3 is 2.92 bits per heavy atom. The molecule has 1 aliphatic heterocycles. The monoisotopic (exact) mass is 325 g/mol. The number of aromatic nitrogens is 5.